The summed E-state index contributed by atoms with van der Waals surface area (Å²) >= 11 is 0. The summed E-state index contributed by atoms with van der Waals surface area (Å²) in [4.78, 5) is 35.4. The van der Waals surface area contributed by atoms with Gasteiger partial charge in [-0.3, -0.25) is 19.3 Å². The van der Waals surface area contributed by atoms with Crippen LogP contribution in [-0.2, 0) is 20.8 Å². The topological polar surface area (TPSA) is 98.7 Å². The third-order valence-electron chi connectivity index (χ3n) is 3.35. The molecule has 7 heteroatoms. The van der Waals surface area contributed by atoms with E-state index < -0.39 is 11.8 Å². The fourth-order valence-electron chi connectivity index (χ4n) is 2.20. The smallest absolute Gasteiger partial charge is 0.277 e. The number of nitrogens with zero attached hydrogens (tertiary/aromatic N) is 1. The summed E-state index contributed by atoms with van der Waals surface area (Å²) in [5, 5.41) is 14.5. The minimum absolute atomic E-state index is 0.0125. The van der Waals surface area contributed by atoms with Gasteiger partial charge in [0.05, 0.1) is 13.2 Å². The van der Waals surface area contributed by atoms with Crippen molar-refractivity contribution in [2.24, 2.45) is 0 Å². The molecule has 1 aromatic rings. The van der Waals surface area contributed by atoms with Crippen molar-refractivity contribution in [2.45, 2.75) is 13.3 Å². The van der Waals surface area contributed by atoms with Crippen LogP contribution in [0.3, 0.4) is 0 Å². The molecule has 0 atom stereocenters. The number of nitrogens with one attached hydrogen (secondary N) is 2. The molecule has 1 aromatic carbocycles. The van der Waals surface area contributed by atoms with Gasteiger partial charge >= 0.3 is 0 Å². The van der Waals surface area contributed by atoms with E-state index in [1.807, 2.05) is 12.1 Å². The molecule has 1 aliphatic rings. The predicted molar refractivity (Wildman–Crippen MR) is 84.3 cm³/mol. The Balaban J connectivity index is 1.93. The van der Waals surface area contributed by atoms with E-state index in [-0.39, 0.29) is 24.8 Å². The Bertz CT molecular complexity index is 637. The number of aliphatic hydroxyl groups is 1. The molecule has 0 bridgehead atoms. The zero-order valence-corrected chi connectivity index (χ0v) is 12.8. The van der Waals surface area contributed by atoms with Gasteiger partial charge in [-0.25, -0.2) is 0 Å². The lowest BCUT2D eigenvalue weighted by atomic mass is 10.1. The number of hydrogen-bond donors (Lipinski definition) is 3. The van der Waals surface area contributed by atoms with Gasteiger partial charge in [-0.05, 0) is 24.1 Å². The van der Waals surface area contributed by atoms with Crippen LogP contribution in [-0.4, -0.2) is 47.4 Å². The molecule has 0 unspecified atom stereocenters. The fourth-order valence-corrected chi connectivity index (χ4v) is 2.20. The monoisotopic (exact) mass is 317 g/mol. The maximum Gasteiger partial charge on any atom is 0.277 e. The van der Waals surface area contributed by atoms with Crippen LogP contribution in [0, 0.1) is 0 Å². The molecule has 0 saturated heterocycles. The van der Waals surface area contributed by atoms with Gasteiger partial charge in [-0.2, -0.15) is 0 Å². The lowest BCUT2D eigenvalue weighted by Crippen LogP contribution is -2.34. The van der Waals surface area contributed by atoms with E-state index in [1.54, 1.807) is 12.1 Å². The number of benzene rings is 1. The molecule has 0 radical (unpaired) electrons. The van der Waals surface area contributed by atoms with Crippen molar-refractivity contribution in [2.75, 3.05) is 25.0 Å². The standard InChI is InChI=1S/C16H19N3O4/c1-11(21)17-7-6-12-2-4-13(5-3-12)18-14-10-15(22)19(8-9-20)16(14)23/h2-5,10,18,20H,6-9H2,1H3,(H,17,21). The van der Waals surface area contributed by atoms with E-state index in [9.17, 15) is 14.4 Å². The van der Waals surface area contributed by atoms with Crippen LogP contribution in [0.4, 0.5) is 5.69 Å². The van der Waals surface area contributed by atoms with Gasteiger partial charge in [0.2, 0.25) is 5.91 Å². The zero-order valence-electron chi connectivity index (χ0n) is 12.8. The summed E-state index contributed by atoms with van der Waals surface area (Å²) in [6, 6.07) is 7.38. The van der Waals surface area contributed by atoms with Crippen LogP contribution < -0.4 is 10.6 Å². The Hall–Kier alpha value is -2.67. The predicted octanol–water partition coefficient (Wildman–Crippen LogP) is 0.0221. The van der Waals surface area contributed by atoms with Crippen LogP contribution in [0.1, 0.15) is 12.5 Å². The molecule has 3 amide bonds. The fraction of sp³-hybridized carbons (Fsp3) is 0.312. The van der Waals surface area contributed by atoms with Gasteiger partial charge in [0.1, 0.15) is 5.70 Å². The number of β-amino-alcohol motifs (C(OH)–C–C–N with tert-alkyl or cyclic N) is 1. The number of imide groups is 1. The highest BCUT2D eigenvalue weighted by atomic mass is 16.3. The second-order valence-corrected chi connectivity index (χ2v) is 5.13. The zero-order chi connectivity index (χ0) is 16.8. The van der Waals surface area contributed by atoms with Crippen LogP contribution in [0.5, 0.6) is 0 Å². The van der Waals surface area contributed by atoms with E-state index in [0.29, 0.717) is 18.7 Å². The molecule has 3 N–H and O–H groups in total. The maximum absolute atomic E-state index is 12.0. The number of hydrogen-bond acceptors (Lipinski definition) is 5. The van der Waals surface area contributed by atoms with Gasteiger partial charge in [-0.1, -0.05) is 12.1 Å². The summed E-state index contributed by atoms with van der Waals surface area (Å²) in [5.41, 5.74) is 1.93. The second kappa shape index (κ2) is 7.55. The minimum Gasteiger partial charge on any atom is -0.395 e. The number of aliphatic hydroxyl groups excluding tert-OH is 1. The average Bonchev–Trinajstić information content (AvgIpc) is 2.77. The number of anilines is 1. The van der Waals surface area contributed by atoms with Crippen molar-refractivity contribution < 1.29 is 19.5 Å². The van der Waals surface area contributed by atoms with Crippen LogP contribution in [0.2, 0.25) is 0 Å². The first-order chi connectivity index (χ1) is 11.0. The largest absolute Gasteiger partial charge is 0.395 e. The molecule has 0 spiro atoms. The highest BCUT2D eigenvalue weighted by molar-refractivity contribution is 6.17. The Labute approximate surface area is 134 Å². The van der Waals surface area contributed by atoms with Crippen molar-refractivity contribution in [1.29, 1.82) is 0 Å². The molecule has 2 rings (SSSR count). The first-order valence-electron chi connectivity index (χ1n) is 7.30. The van der Waals surface area contributed by atoms with E-state index in [1.165, 1.54) is 13.0 Å². The van der Waals surface area contributed by atoms with Gasteiger partial charge < -0.3 is 15.7 Å². The van der Waals surface area contributed by atoms with Gasteiger partial charge in [0, 0.05) is 25.2 Å². The van der Waals surface area contributed by atoms with Crippen molar-refractivity contribution in [3.63, 3.8) is 0 Å². The SMILES string of the molecule is CC(=O)NCCc1ccc(NC2=CC(=O)N(CCO)C2=O)cc1. The minimum atomic E-state index is -0.446. The second-order valence-electron chi connectivity index (χ2n) is 5.13. The summed E-state index contributed by atoms with van der Waals surface area (Å²) in [7, 11) is 0. The molecule has 0 aliphatic carbocycles. The normalized spacial score (nSPS) is 14.0. The van der Waals surface area contributed by atoms with Crippen LogP contribution in [0.15, 0.2) is 36.0 Å². The van der Waals surface area contributed by atoms with Crippen molar-refractivity contribution in [3.8, 4) is 0 Å². The first kappa shape index (κ1) is 16.7. The Kier molecular flexibility index (Phi) is 5.48. The number of carbonyl (C=O) groups is 3. The number of rotatable bonds is 7. The van der Waals surface area contributed by atoms with E-state index in [4.69, 9.17) is 5.11 Å². The average molecular weight is 317 g/mol. The maximum atomic E-state index is 12.0. The quantitative estimate of drug-likeness (QED) is 0.616. The Morgan fingerprint density at radius 1 is 1.22 bits per heavy atom. The van der Waals surface area contributed by atoms with E-state index >= 15 is 0 Å². The summed E-state index contributed by atoms with van der Waals surface area (Å²) in [6.45, 7) is 1.76. The van der Waals surface area contributed by atoms with E-state index in [0.717, 1.165) is 10.5 Å². The van der Waals surface area contributed by atoms with Crippen LogP contribution in [0.25, 0.3) is 0 Å². The number of carbonyl (C=O) groups excluding carboxylic acids is 3. The molecular weight excluding hydrogens is 298 g/mol. The summed E-state index contributed by atoms with van der Waals surface area (Å²) in [5.74, 6) is -0.940. The molecule has 122 valence electrons. The number of amides is 3. The Morgan fingerprint density at radius 3 is 2.52 bits per heavy atom. The van der Waals surface area contributed by atoms with E-state index in [2.05, 4.69) is 10.6 Å². The Morgan fingerprint density at radius 2 is 1.91 bits per heavy atom. The molecule has 23 heavy (non-hydrogen) atoms. The summed E-state index contributed by atoms with van der Waals surface area (Å²) < 4.78 is 0. The molecule has 0 aromatic heterocycles. The van der Waals surface area contributed by atoms with Gasteiger partial charge in [-0.15, -0.1) is 0 Å². The lowest BCUT2D eigenvalue weighted by molar-refractivity contribution is -0.137. The van der Waals surface area contributed by atoms with Crippen LogP contribution >= 0.6 is 0 Å². The van der Waals surface area contributed by atoms with Gasteiger partial charge in [0.15, 0.2) is 0 Å². The lowest BCUT2D eigenvalue weighted by Gasteiger charge is -2.13. The van der Waals surface area contributed by atoms with Crippen molar-refractivity contribution in [3.05, 3.63) is 41.6 Å². The molecular formula is C16H19N3O4. The third-order valence-corrected chi connectivity index (χ3v) is 3.35. The summed E-state index contributed by atoms with van der Waals surface area (Å²) in [6.07, 6.45) is 1.94. The molecule has 0 saturated carbocycles. The first-order valence-corrected chi connectivity index (χ1v) is 7.30. The molecule has 1 aliphatic heterocycles. The van der Waals surface area contributed by atoms with Crippen molar-refractivity contribution in [1.82, 2.24) is 10.2 Å². The molecule has 7 nitrogen and oxygen atoms in total. The third kappa shape index (κ3) is 4.40. The molecule has 0 fully saturated rings. The van der Waals surface area contributed by atoms with Gasteiger partial charge in [0.25, 0.3) is 11.8 Å². The highest BCUT2D eigenvalue weighted by Crippen LogP contribution is 2.17. The molecule has 1 heterocycles. The van der Waals surface area contributed by atoms with Crippen molar-refractivity contribution >= 4 is 23.4 Å². The highest BCUT2D eigenvalue weighted by Gasteiger charge is 2.30.